The molecule has 1 N–H and O–H groups in total. The molecule has 29 heavy (non-hydrogen) atoms. The van der Waals surface area contributed by atoms with Crippen molar-refractivity contribution in [3.8, 4) is 0 Å². The highest BCUT2D eigenvalue weighted by Crippen LogP contribution is 2.22. The summed E-state index contributed by atoms with van der Waals surface area (Å²) >= 11 is 0. The molecule has 0 aliphatic carbocycles. The molecule has 1 aliphatic heterocycles. The van der Waals surface area contributed by atoms with Crippen molar-refractivity contribution in [1.82, 2.24) is 28.8 Å². The number of β-amino-alcohol motifs (C(OH)–C–C–N with tert-alkyl or cyclic N) is 1. The summed E-state index contributed by atoms with van der Waals surface area (Å²) in [6.45, 7) is 1.51. The normalized spacial score (nSPS) is 19.4. The van der Waals surface area contributed by atoms with Crippen LogP contribution in [0.2, 0.25) is 0 Å². The number of amides is 1. The predicted molar refractivity (Wildman–Crippen MR) is 107 cm³/mol. The maximum absolute atomic E-state index is 12.7. The quantitative estimate of drug-likeness (QED) is 0.558. The summed E-state index contributed by atoms with van der Waals surface area (Å²) in [6.07, 6.45) is 9.53. The number of aliphatic hydroxyl groups excluding tert-OH is 1. The summed E-state index contributed by atoms with van der Waals surface area (Å²) in [5, 5.41) is 10.5. The lowest BCUT2D eigenvalue weighted by molar-refractivity contribution is -0.130. The zero-order chi connectivity index (χ0) is 19.8. The van der Waals surface area contributed by atoms with Gasteiger partial charge in [0.25, 0.3) is 0 Å². The first-order valence-electron chi connectivity index (χ1n) is 9.81. The number of likely N-dealkylation sites (tertiary alicyclic amines) is 1. The van der Waals surface area contributed by atoms with Crippen LogP contribution in [0.3, 0.4) is 0 Å². The van der Waals surface area contributed by atoms with Crippen LogP contribution in [0.5, 0.6) is 0 Å². The van der Waals surface area contributed by atoms with E-state index in [4.69, 9.17) is 0 Å². The molecular formula is C21H22N6O2. The van der Waals surface area contributed by atoms with Crippen molar-refractivity contribution >= 4 is 22.6 Å². The highest BCUT2D eigenvalue weighted by molar-refractivity contribution is 5.78. The van der Waals surface area contributed by atoms with Crippen LogP contribution < -0.4 is 0 Å². The van der Waals surface area contributed by atoms with Gasteiger partial charge in [-0.2, -0.15) is 0 Å². The first-order valence-corrected chi connectivity index (χ1v) is 9.81. The number of benzene rings is 1. The SMILES string of the molecule is O=C(CCn1cnc2ccccc21)N1C[C@H](Cc2cn3ccnc3cn2)[C@H](O)C1. The Labute approximate surface area is 167 Å². The van der Waals surface area contributed by atoms with Gasteiger partial charge in [-0.3, -0.25) is 9.78 Å². The van der Waals surface area contributed by atoms with E-state index in [1.165, 1.54) is 0 Å². The molecule has 1 aliphatic rings. The van der Waals surface area contributed by atoms with E-state index < -0.39 is 6.10 Å². The third-order valence-corrected chi connectivity index (χ3v) is 5.66. The van der Waals surface area contributed by atoms with Gasteiger partial charge in [0.15, 0.2) is 5.65 Å². The Hall–Kier alpha value is -3.26. The number of aromatic nitrogens is 5. The molecule has 0 radical (unpaired) electrons. The smallest absolute Gasteiger partial charge is 0.224 e. The molecular weight excluding hydrogens is 368 g/mol. The fourth-order valence-corrected chi connectivity index (χ4v) is 4.06. The summed E-state index contributed by atoms with van der Waals surface area (Å²) in [7, 11) is 0. The Morgan fingerprint density at radius 3 is 3.00 bits per heavy atom. The van der Waals surface area contributed by atoms with Crippen molar-refractivity contribution in [3.05, 3.63) is 61.1 Å². The van der Waals surface area contributed by atoms with Crippen molar-refractivity contribution in [1.29, 1.82) is 0 Å². The molecule has 2 atom stereocenters. The molecule has 8 nitrogen and oxygen atoms in total. The number of para-hydroxylation sites is 2. The van der Waals surface area contributed by atoms with Crippen molar-refractivity contribution < 1.29 is 9.90 Å². The van der Waals surface area contributed by atoms with Gasteiger partial charge in [-0.1, -0.05) is 12.1 Å². The molecule has 0 bridgehead atoms. The maximum atomic E-state index is 12.7. The van der Waals surface area contributed by atoms with Gasteiger partial charge in [0.2, 0.25) is 5.91 Å². The fraction of sp³-hybridized carbons (Fsp3) is 0.333. The molecule has 1 saturated heterocycles. The predicted octanol–water partition coefficient (Wildman–Crippen LogP) is 1.53. The van der Waals surface area contributed by atoms with Gasteiger partial charge < -0.3 is 19.0 Å². The molecule has 148 valence electrons. The fourth-order valence-electron chi connectivity index (χ4n) is 4.06. The van der Waals surface area contributed by atoms with Crippen LogP contribution in [0.1, 0.15) is 12.1 Å². The van der Waals surface area contributed by atoms with E-state index in [9.17, 15) is 9.90 Å². The number of rotatable bonds is 5. The summed E-state index contributed by atoms with van der Waals surface area (Å²) in [4.78, 5) is 27.5. The van der Waals surface area contributed by atoms with E-state index in [-0.39, 0.29) is 11.8 Å². The Morgan fingerprint density at radius 1 is 1.17 bits per heavy atom. The van der Waals surface area contributed by atoms with E-state index in [1.807, 2.05) is 45.6 Å². The van der Waals surface area contributed by atoms with Crippen LogP contribution >= 0.6 is 0 Å². The highest BCUT2D eigenvalue weighted by atomic mass is 16.3. The van der Waals surface area contributed by atoms with Crippen molar-refractivity contribution in [2.45, 2.75) is 25.5 Å². The molecule has 8 heteroatoms. The number of carbonyl (C=O) groups is 1. The van der Waals surface area contributed by atoms with Crippen molar-refractivity contribution in [2.24, 2.45) is 5.92 Å². The minimum Gasteiger partial charge on any atom is -0.391 e. The van der Waals surface area contributed by atoms with Gasteiger partial charge >= 0.3 is 0 Å². The number of imidazole rings is 2. The van der Waals surface area contributed by atoms with Crippen LogP contribution in [0.15, 0.2) is 55.4 Å². The standard InChI is InChI=1S/C21H22N6O2/c28-19-13-27(11-15(19)9-16-12-25-8-6-22-20(25)10-23-16)21(29)5-7-26-14-24-17-3-1-2-4-18(17)26/h1-4,6,8,10,12,14-15,19,28H,5,7,9,11,13H2/t15-,19+/m0/s1. The average molecular weight is 390 g/mol. The second-order valence-electron chi connectivity index (χ2n) is 7.58. The summed E-state index contributed by atoms with van der Waals surface area (Å²) in [6, 6.07) is 7.89. The van der Waals surface area contributed by atoms with Crippen LogP contribution in [-0.4, -0.2) is 59.0 Å². The lowest BCUT2D eigenvalue weighted by atomic mass is 10.0. The third-order valence-electron chi connectivity index (χ3n) is 5.66. The topological polar surface area (TPSA) is 88.6 Å². The van der Waals surface area contributed by atoms with Gasteiger partial charge in [-0.05, 0) is 18.6 Å². The molecule has 0 unspecified atom stereocenters. The minimum atomic E-state index is -0.534. The van der Waals surface area contributed by atoms with Crippen LogP contribution in [0, 0.1) is 5.92 Å². The van der Waals surface area contributed by atoms with Crippen LogP contribution in [0.25, 0.3) is 16.7 Å². The Balaban J connectivity index is 1.21. The van der Waals surface area contributed by atoms with Gasteiger partial charge in [-0.25, -0.2) is 9.97 Å². The van der Waals surface area contributed by atoms with Gasteiger partial charge in [-0.15, -0.1) is 0 Å². The van der Waals surface area contributed by atoms with Gasteiger partial charge in [0.05, 0.1) is 35.4 Å². The molecule has 0 saturated carbocycles. The lowest BCUT2D eigenvalue weighted by Crippen LogP contribution is -2.30. The number of hydrogen-bond acceptors (Lipinski definition) is 5. The summed E-state index contributed by atoms with van der Waals surface area (Å²) in [5.41, 5.74) is 3.64. The Morgan fingerprint density at radius 2 is 2.07 bits per heavy atom. The van der Waals surface area contributed by atoms with Crippen LogP contribution in [-0.2, 0) is 17.8 Å². The molecule has 3 aromatic heterocycles. The number of nitrogens with zero attached hydrogens (tertiary/aromatic N) is 6. The van der Waals surface area contributed by atoms with E-state index in [2.05, 4.69) is 15.0 Å². The van der Waals surface area contributed by atoms with E-state index >= 15 is 0 Å². The van der Waals surface area contributed by atoms with Crippen molar-refractivity contribution in [2.75, 3.05) is 13.1 Å². The molecule has 4 aromatic rings. The monoisotopic (exact) mass is 390 g/mol. The maximum Gasteiger partial charge on any atom is 0.224 e. The van der Waals surface area contributed by atoms with E-state index in [0.29, 0.717) is 32.5 Å². The second kappa shape index (κ2) is 7.29. The molecule has 1 amide bonds. The number of fused-ring (bicyclic) bond motifs is 2. The molecule has 4 heterocycles. The number of carbonyl (C=O) groups excluding carboxylic acids is 1. The minimum absolute atomic E-state index is 0.0125. The largest absolute Gasteiger partial charge is 0.391 e. The van der Waals surface area contributed by atoms with Gasteiger partial charge in [0.1, 0.15) is 0 Å². The average Bonchev–Trinajstić information content (AvgIpc) is 3.45. The summed E-state index contributed by atoms with van der Waals surface area (Å²) in [5.74, 6) is 0.0452. The Kier molecular flexibility index (Phi) is 4.48. The number of aryl methyl sites for hydroxylation is 1. The first kappa shape index (κ1) is 17.8. The second-order valence-corrected chi connectivity index (χ2v) is 7.58. The molecule has 5 rings (SSSR count). The number of hydrogen-bond donors (Lipinski definition) is 1. The third kappa shape index (κ3) is 3.47. The highest BCUT2D eigenvalue weighted by Gasteiger charge is 2.34. The van der Waals surface area contributed by atoms with E-state index in [0.717, 1.165) is 22.4 Å². The molecule has 1 fully saturated rings. The van der Waals surface area contributed by atoms with E-state index in [1.54, 1.807) is 23.6 Å². The zero-order valence-corrected chi connectivity index (χ0v) is 15.9. The number of aliphatic hydroxyl groups is 1. The zero-order valence-electron chi connectivity index (χ0n) is 15.9. The van der Waals surface area contributed by atoms with Crippen molar-refractivity contribution in [3.63, 3.8) is 0 Å². The first-order chi connectivity index (χ1) is 14.2. The van der Waals surface area contributed by atoms with Gasteiger partial charge in [0, 0.05) is 50.6 Å². The summed E-state index contributed by atoms with van der Waals surface area (Å²) < 4.78 is 3.92. The van der Waals surface area contributed by atoms with Crippen LogP contribution in [0.4, 0.5) is 0 Å². The lowest BCUT2D eigenvalue weighted by Gasteiger charge is -2.16. The molecule has 0 spiro atoms. The Bertz CT molecular complexity index is 1170. The molecule has 1 aromatic carbocycles.